The topological polar surface area (TPSA) is 31.2 Å². The van der Waals surface area contributed by atoms with E-state index in [-0.39, 0.29) is 6.09 Å². The third-order valence-electron chi connectivity index (χ3n) is 6.12. The number of terminal acetylenes is 1. The van der Waals surface area contributed by atoms with E-state index < -0.39 is 24.0 Å². The van der Waals surface area contributed by atoms with Crippen molar-refractivity contribution in [2.24, 2.45) is 0 Å². The summed E-state index contributed by atoms with van der Waals surface area (Å²) in [5, 5.41) is 1.02. The molecule has 0 unspecified atom stereocenters. The Hall–Kier alpha value is -1.41. The Bertz CT molecular complexity index is 892. The van der Waals surface area contributed by atoms with Crippen LogP contribution in [0.2, 0.25) is 13.3 Å². The summed E-state index contributed by atoms with van der Waals surface area (Å²) in [7, 11) is 0. The van der Waals surface area contributed by atoms with Gasteiger partial charge >= 0.3 is 194 Å². The normalized spacial score (nSPS) is 12.2. The number of carbonyl (C=O) groups excluding carboxylic acids is 1. The molecule has 4 heteroatoms. The second kappa shape index (κ2) is 11.5. The van der Waals surface area contributed by atoms with E-state index in [1.54, 1.807) is 0 Å². The predicted molar refractivity (Wildman–Crippen MR) is 136 cm³/mol. The van der Waals surface area contributed by atoms with Gasteiger partial charge in [0.05, 0.1) is 0 Å². The van der Waals surface area contributed by atoms with Crippen LogP contribution in [0.25, 0.3) is 10.9 Å². The van der Waals surface area contributed by atoms with Crippen molar-refractivity contribution in [2.75, 3.05) is 0 Å². The fourth-order valence-electron chi connectivity index (χ4n) is 4.66. The van der Waals surface area contributed by atoms with Crippen molar-refractivity contribution < 1.29 is 9.53 Å². The molecule has 0 saturated heterocycles. The van der Waals surface area contributed by atoms with Crippen LogP contribution in [0.4, 0.5) is 4.79 Å². The van der Waals surface area contributed by atoms with Gasteiger partial charge in [0.25, 0.3) is 0 Å². The quantitative estimate of drug-likeness (QED) is 0.236. The van der Waals surface area contributed by atoms with Crippen LogP contribution in [0.3, 0.4) is 0 Å². The first-order valence-electron chi connectivity index (χ1n) is 12.1. The summed E-state index contributed by atoms with van der Waals surface area (Å²) >= 11 is -3.03. The standard InChI is InChI=1S/C15H14NO2.3C4H9.Sn/c1-5-11-10-16(14(17)18-15(2,3)4)13-9-7-6-8-12(11)13;3*1-3-4-2;/h1,6-9H,2-4H3;3*1,3-4H2,2H3;. The molecular weight excluding hydrogens is 489 g/mol. The molecule has 0 fully saturated rings. The number of nitrogens with zero attached hydrogens (tertiary/aromatic N) is 1. The second-order valence-corrected chi connectivity index (χ2v) is 22.7. The minimum absolute atomic E-state index is 0.272. The fourth-order valence-corrected chi connectivity index (χ4v) is 21.7. The maximum absolute atomic E-state index is 13.6. The van der Waals surface area contributed by atoms with Gasteiger partial charge in [-0.25, -0.2) is 0 Å². The van der Waals surface area contributed by atoms with Gasteiger partial charge < -0.3 is 0 Å². The van der Waals surface area contributed by atoms with Gasteiger partial charge in [-0.1, -0.05) is 0 Å². The number of hydrogen-bond donors (Lipinski definition) is 0. The number of carbonyl (C=O) groups is 1. The van der Waals surface area contributed by atoms with Crippen LogP contribution < -0.4 is 3.71 Å². The average molecular weight is 530 g/mol. The number of unbranched alkanes of at least 4 members (excludes halogenated alkanes) is 3. The van der Waals surface area contributed by atoms with Gasteiger partial charge in [-0.2, -0.15) is 0 Å². The zero-order valence-electron chi connectivity index (χ0n) is 20.5. The van der Waals surface area contributed by atoms with Gasteiger partial charge in [-0.15, -0.1) is 0 Å². The number of para-hydroxylation sites is 1. The molecule has 2 aromatic rings. The zero-order chi connectivity index (χ0) is 23.1. The molecule has 0 bridgehead atoms. The van der Waals surface area contributed by atoms with E-state index in [1.165, 1.54) is 55.5 Å². The van der Waals surface area contributed by atoms with Crippen LogP contribution in [0.5, 0.6) is 0 Å². The first kappa shape index (κ1) is 25.8. The molecule has 31 heavy (non-hydrogen) atoms. The molecule has 0 atom stereocenters. The van der Waals surface area contributed by atoms with Gasteiger partial charge in [-0.3, -0.25) is 0 Å². The number of ether oxygens (including phenoxy) is 1. The molecule has 2 rings (SSSR count). The Morgan fingerprint density at radius 2 is 1.52 bits per heavy atom. The van der Waals surface area contributed by atoms with Gasteiger partial charge in [0.15, 0.2) is 0 Å². The monoisotopic (exact) mass is 531 g/mol. The van der Waals surface area contributed by atoms with Crippen LogP contribution in [0.1, 0.15) is 85.6 Å². The number of benzene rings is 1. The van der Waals surface area contributed by atoms with E-state index in [0.717, 1.165) is 16.5 Å². The van der Waals surface area contributed by atoms with Crippen LogP contribution >= 0.6 is 0 Å². The van der Waals surface area contributed by atoms with E-state index in [4.69, 9.17) is 11.2 Å². The Kier molecular flexibility index (Phi) is 9.55. The van der Waals surface area contributed by atoms with Crippen molar-refractivity contribution in [2.45, 2.75) is 99.0 Å². The molecule has 3 nitrogen and oxygen atoms in total. The SMILES string of the molecule is C#Cc1[c]([Sn]([CH2]CCC)([CH2]CCC)[CH2]CCC)n(C(=O)OC(C)(C)C)c2ccccc12. The summed E-state index contributed by atoms with van der Waals surface area (Å²) < 4.78 is 12.8. The molecule has 0 spiro atoms. The summed E-state index contributed by atoms with van der Waals surface area (Å²) in [6.07, 6.45) is 13.0. The average Bonchev–Trinajstić information content (AvgIpc) is 3.07. The molecule has 1 aromatic heterocycles. The first-order valence-corrected chi connectivity index (χ1v) is 19.6. The molecule has 170 valence electrons. The van der Waals surface area contributed by atoms with Gasteiger partial charge in [0, 0.05) is 0 Å². The Labute approximate surface area is 193 Å². The molecule has 0 amide bonds. The van der Waals surface area contributed by atoms with Crippen LogP contribution in [0, 0.1) is 12.3 Å². The summed E-state index contributed by atoms with van der Waals surface area (Å²) in [6.45, 7) is 12.6. The van der Waals surface area contributed by atoms with E-state index >= 15 is 0 Å². The number of rotatable bonds is 10. The fraction of sp³-hybridized carbons (Fsp3) is 0.593. The van der Waals surface area contributed by atoms with Crippen molar-refractivity contribution in [1.29, 1.82) is 0 Å². The summed E-state index contributed by atoms with van der Waals surface area (Å²) in [4.78, 5) is 13.6. The third kappa shape index (κ3) is 6.09. The zero-order valence-corrected chi connectivity index (χ0v) is 23.4. The van der Waals surface area contributed by atoms with Crippen molar-refractivity contribution in [1.82, 2.24) is 4.57 Å². The molecule has 0 aliphatic rings. The van der Waals surface area contributed by atoms with Crippen LogP contribution in [-0.4, -0.2) is 34.6 Å². The summed E-state index contributed by atoms with van der Waals surface area (Å²) in [5.74, 6) is 3.04. The van der Waals surface area contributed by atoms with E-state index in [9.17, 15) is 4.79 Å². The molecule has 1 aromatic carbocycles. The van der Waals surface area contributed by atoms with E-state index in [2.05, 4.69) is 32.8 Å². The molecule has 0 saturated carbocycles. The first-order chi connectivity index (χ1) is 14.7. The summed E-state index contributed by atoms with van der Waals surface area (Å²) in [5.41, 5.74) is 1.32. The van der Waals surface area contributed by atoms with Crippen molar-refractivity contribution in [3.8, 4) is 12.3 Å². The minimum atomic E-state index is -3.03. The van der Waals surface area contributed by atoms with Crippen molar-refractivity contribution in [3.05, 3.63) is 29.8 Å². The maximum atomic E-state index is 13.6. The van der Waals surface area contributed by atoms with Gasteiger partial charge in [-0.05, 0) is 0 Å². The predicted octanol–water partition coefficient (Wildman–Crippen LogP) is 7.46. The number of hydrogen-bond acceptors (Lipinski definition) is 2. The molecule has 0 radical (unpaired) electrons. The van der Waals surface area contributed by atoms with Crippen LogP contribution in [-0.2, 0) is 4.74 Å². The molecule has 0 N–H and O–H groups in total. The Morgan fingerprint density at radius 3 is 1.97 bits per heavy atom. The number of fused-ring (bicyclic) bond motifs is 1. The van der Waals surface area contributed by atoms with Gasteiger partial charge in [0.1, 0.15) is 0 Å². The Morgan fingerprint density at radius 1 is 1.00 bits per heavy atom. The second-order valence-electron chi connectivity index (χ2n) is 9.79. The number of aromatic nitrogens is 1. The van der Waals surface area contributed by atoms with Crippen LogP contribution in [0.15, 0.2) is 24.3 Å². The third-order valence-corrected chi connectivity index (χ3v) is 21.6. The summed E-state index contributed by atoms with van der Waals surface area (Å²) in [6, 6.07) is 8.12. The molecule has 1 heterocycles. The van der Waals surface area contributed by atoms with E-state index in [0.29, 0.717) is 0 Å². The van der Waals surface area contributed by atoms with Gasteiger partial charge in [0.2, 0.25) is 0 Å². The molecular formula is C27H41NO2Sn. The molecule has 0 aliphatic heterocycles. The Balaban J connectivity index is 2.87. The molecule has 0 aliphatic carbocycles. The van der Waals surface area contributed by atoms with E-state index in [1.807, 2.05) is 43.5 Å². The van der Waals surface area contributed by atoms with Crippen molar-refractivity contribution >= 4 is 39.1 Å². The van der Waals surface area contributed by atoms with Crippen molar-refractivity contribution in [3.63, 3.8) is 0 Å².